The van der Waals surface area contributed by atoms with E-state index < -0.39 is 0 Å². The van der Waals surface area contributed by atoms with Gasteiger partial charge in [0.1, 0.15) is 0 Å². The van der Waals surface area contributed by atoms with Crippen LogP contribution in [0.5, 0.6) is 11.5 Å². The van der Waals surface area contributed by atoms with E-state index in [9.17, 15) is 4.79 Å². The van der Waals surface area contributed by atoms with Gasteiger partial charge in [-0.2, -0.15) is 0 Å². The highest BCUT2D eigenvalue weighted by atomic mass is 16.5. The summed E-state index contributed by atoms with van der Waals surface area (Å²) in [4.78, 5) is 11.4. The van der Waals surface area contributed by atoms with Crippen LogP contribution in [0.2, 0.25) is 0 Å². The molecule has 0 saturated heterocycles. The van der Waals surface area contributed by atoms with Crippen LogP contribution in [0, 0.1) is 0 Å². The molecule has 1 amide bonds. The lowest BCUT2D eigenvalue weighted by Gasteiger charge is -2.12. The van der Waals surface area contributed by atoms with Gasteiger partial charge in [0.2, 0.25) is 0 Å². The molecule has 0 bridgehead atoms. The summed E-state index contributed by atoms with van der Waals surface area (Å²) < 4.78 is 15.7. The summed E-state index contributed by atoms with van der Waals surface area (Å²) in [6.45, 7) is 4.57. The van der Waals surface area contributed by atoms with Crippen LogP contribution in [0.1, 0.15) is 12.5 Å². The SMILES string of the molecule is CCNC(=O)COc1cc(CNCCOC)ccc1OC. The number of benzene rings is 1. The van der Waals surface area contributed by atoms with Crippen molar-refractivity contribution in [3.05, 3.63) is 23.8 Å². The normalized spacial score (nSPS) is 10.2. The molecule has 6 heteroatoms. The summed E-state index contributed by atoms with van der Waals surface area (Å²) in [5.41, 5.74) is 1.05. The third-order valence-corrected chi connectivity index (χ3v) is 2.77. The molecule has 0 radical (unpaired) electrons. The number of carbonyl (C=O) groups is 1. The second kappa shape index (κ2) is 10.0. The molecule has 21 heavy (non-hydrogen) atoms. The van der Waals surface area contributed by atoms with Crippen LogP contribution >= 0.6 is 0 Å². The van der Waals surface area contributed by atoms with E-state index in [0.29, 0.717) is 31.2 Å². The molecule has 0 aliphatic carbocycles. The average Bonchev–Trinajstić information content (AvgIpc) is 2.50. The van der Waals surface area contributed by atoms with Crippen LogP contribution in [0.25, 0.3) is 0 Å². The van der Waals surface area contributed by atoms with E-state index in [0.717, 1.165) is 12.1 Å². The Morgan fingerprint density at radius 2 is 2.05 bits per heavy atom. The highest BCUT2D eigenvalue weighted by Crippen LogP contribution is 2.27. The van der Waals surface area contributed by atoms with Crippen molar-refractivity contribution in [3.63, 3.8) is 0 Å². The van der Waals surface area contributed by atoms with Gasteiger partial charge >= 0.3 is 0 Å². The van der Waals surface area contributed by atoms with Gasteiger partial charge < -0.3 is 24.8 Å². The summed E-state index contributed by atoms with van der Waals surface area (Å²) in [6, 6.07) is 5.66. The highest BCUT2D eigenvalue weighted by Gasteiger charge is 2.08. The van der Waals surface area contributed by atoms with Gasteiger partial charge in [0.15, 0.2) is 18.1 Å². The Morgan fingerprint density at radius 1 is 1.24 bits per heavy atom. The number of amides is 1. The number of nitrogens with one attached hydrogen (secondary N) is 2. The summed E-state index contributed by atoms with van der Waals surface area (Å²) in [5.74, 6) is 1.03. The summed E-state index contributed by atoms with van der Waals surface area (Å²) in [7, 11) is 3.24. The first-order valence-corrected chi connectivity index (χ1v) is 6.97. The number of ether oxygens (including phenoxy) is 3. The first-order valence-electron chi connectivity index (χ1n) is 6.97. The standard InChI is InChI=1S/C15H24N2O4/c1-4-17-15(18)11-21-14-9-12(5-6-13(14)20-3)10-16-7-8-19-2/h5-6,9,16H,4,7-8,10-11H2,1-3H3,(H,17,18). The van der Waals surface area contributed by atoms with Crippen molar-refractivity contribution >= 4 is 5.91 Å². The molecular weight excluding hydrogens is 272 g/mol. The van der Waals surface area contributed by atoms with E-state index in [1.54, 1.807) is 14.2 Å². The minimum absolute atomic E-state index is 0.0231. The summed E-state index contributed by atoms with van der Waals surface area (Å²) in [5, 5.41) is 5.94. The molecule has 1 aromatic rings. The Labute approximate surface area is 125 Å². The fourth-order valence-corrected chi connectivity index (χ4v) is 1.74. The van der Waals surface area contributed by atoms with Crippen LogP contribution in [-0.2, 0) is 16.1 Å². The van der Waals surface area contributed by atoms with Crippen molar-refractivity contribution < 1.29 is 19.0 Å². The van der Waals surface area contributed by atoms with Gasteiger partial charge in [-0.05, 0) is 24.6 Å². The summed E-state index contributed by atoms with van der Waals surface area (Å²) in [6.07, 6.45) is 0. The maximum Gasteiger partial charge on any atom is 0.257 e. The molecule has 0 fully saturated rings. The van der Waals surface area contributed by atoms with Gasteiger partial charge in [0.05, 0.1) is 13.7 Å². The van der Waals surface area contributed by atoms with Crippen LogP contribution in [0.4, 0.5) is 0 Å². The van der Waals surface area contributed by atoms with E-state index in [-0.39, 0.29) is 12.5 Å². The lowest BCUT2D eigenvalue weighted by molar-refractivity contribution is -0.123. The Hall–Kier alpha value is -1.79. The van der Waals surface area contributed by atoms with E-state index in [1.165, 1.54) is 0 Å². The maximum absolute atomic E-state index is 11.4. The molecule has 1 rings (SSSR count). The van der Waals surface area contributed by atoms with Crippen molar-refractivity contribution in [1.29, 1.82) is 0 Å². The van der Waals surface area contributed by atoms with Crippen LogP contribution in [0.15, 0.2) is 18.2 Å². The van der Waals surface area contributed by atoms with Crippen LogP contribution in [-0.4, -0.2) is 46.4 Å². The lowest BCUT2D eigenvalue weighted by atomic mass is 10.2. The number of hydrogen-bond acceptors (Lipinski definition) is 5. The van der Waals surface area contributed by atoms with E-state index >= 15 is 0 Å². The minimum atomic E-state index is -0.150. The van der Waals surface area contributed by atoms with Gasteiger partial charge in [-0.25, -0.2) is 0 Å². The first kappa shape index (κ1) is 17.3. The zero-order valence-electron chi connectivity index (χ0n) is 12.9. The van der Waals surface area contributed by atoms with Crippen molar-refractivity contribution in [1.82, 2.24) is 10.6 Å². The second-order valence-corrected chi connectivity index (χ2v) is 4.40. The lowest BCUT2D eigenvalue weighted by Crippen LogP contribution is -2.28. The molecule has 6 nitrogen and oxygen atoms in total. The fourth-order valence-electron chi connectivity index (χ4n) is 1.74. The first-order chi connectivity index (χ1) is 10.2. The number of rotatable bonds is 10. The molecule has 0 heterocycles. The summed E-state index contributed by atoms with van der Waals surface area (Å²) >= 11 is 0. The molecule has 0 aromatic heterocycles. The minimum Gasteiger partial charge on any atom is -0.493 e. The van der Waals surface area contributed by atoms with E-state index in [1.807, 2.05) is 25.1 Å². The number of likely N-dealkylation sites (N-methyl/N-ethyl adjacent to an activating group) is 1. The molecular formula is C15H24N2O4. The van der Waals surface area contributed by atoms with Gasteiger partial charge in [-0.3, -0.25) is 4.79 Å². The zero-order chi connectivity index (χ0) is 15.5. The molecule has 0 aliphatic rings. The largest absolute Gasteiger partial charge is 0.493 e. The van der Waals surface area contributed by atoms with Gasteiger partial charge in [-0.1, -0.05) is 6.07 Å². The fraction of sp³-hybridized carbons (Fsp3) is 0.533. The van der Waals surface area contributed by atoms with Gasteiger partial charge in [-0.15, -0.1) is 0 Å². The Morgan fingerprint density at radius 3 is 2.71 bits per heavy atom. The maximum atomic E-state index is 11.4. The van der Waals surface area contributed by atoms with E-state index in [4.69, 9.17) is 14.2 Å². The molecule has 0 spiro atoms. The Balaban J connectivity index is 2.60. The predicted octanol–water partition coefficient (Wildman–Crippen LogP) is 0.946. The molecule has 2 N–H and O–H groups in total. The van der Waals surface area contributed by atoms with Gasteiger partial charge in [0.25, 0.3) is 5.91 Å². The number of hydrogen-bond donors (Lipinski definition) is 2. The monoisotopic (exact) mass is 296 g/mol. The second-order valence-electron chi connectivity index (χ2n) is 4.40. The third-order valence-electron chi connectivity index (χ3n) is 2.77. The number of methoxy groups -OCH3 is 2. The third kappa shape index (κ3) is 6.46. The molecule has 0 saturated carbocycles. The van der Waals surface area contributed by atoms with Crippen molar-refractivity contribution in [3.8, 4) is 11.5 Å². The highest BCUT2D eigenvalue weighted by molar-refractivity contribution is 5.77. The Kier molecular flexibility index (Phi) is 8.23. The number of carbonyl (C=O) groups excluding carboxylic acids is 1. The van der Waals surface area contributed by atoms with Crippen molar-refractivity contribution in [2.75, 3.05) is 40.5 Å². The Bertz CT molecular complexity index is 438. The average molecular weight is 296 g/mol. The molecule has 0 atom stereocenters. The van der Waals surface area contributed by atoms with E-state index in [2.05, 4.69) is 10.6 Å². The van der Waals surface area contributed by atoms with Gasteiger partial charge in [0, 0.05) is 26.7 Å². The topological polar surface area (TPSA) is 68.8 Å². The quantitative estimate of drug-likeness (QED) is 0.629. The smallest absolute Gasteiger partial charge is 0.257 e. The zero-order valence-corrected chi connectivity index (χ0v) is 12.9. The van der Waals surface area contributed by atoms with Crippen molar-refractivity contribution in [2.45, 2.75) is 13.5 Å². The van der Waals surface area contributed by atoms with Crippen LogP contribution < -0.4 is 20.1 Å². The van der Waals surface area contributed by atoms with Crippen molar-refractivity contribution in [2.24, 2.45) is 0 Å². The van der Waals surface area contributed by atoms with Crippen LogP contribution in [0.3, 0.4) is 0 Å². The molecule has 0 unspecified atom stereocenters. The predicted molar refractivity (Wildman–Crippen MR) is 80.8 cm³/mol. The molecule has 1 aromatic carbocycles. The molecule has 0 aliphatic heterocycles. The molecule has 118 valence electrons.